The quantitative estimate of drug-likeness (QED) is 0.497. The molecular formula is C28H34FN3O. The van der Waals surface area contributed by atoms with Gasteiger partial charge in [0.15, 0.2) is 0 Å². The molecule has 0 bridgehead atoms. The Labute approximate surface area is 196 Å². The van der Waals surface area contributed by atoms with E-state index in [1.807, 2.05) is 24.3 Å². The Morgan fingerprint density at radius 3 is 2.55 bits per heavy atom. The van der Waals surface area contributed by atoms with Crippen LogP contribution in [0.1, 0.15) is 54.4 Å². The number of piperidine rings is 1. The van der Waals surface area contributed by atoms with Gasteiger partial charge in [-0.1, -0.05) is 31.2 Å². The maximum absolute atomic E-state index is 13.4. The Kier molecular flexibility index (Phi) is 6.50. The molecule has 0 unspecified atom stereocenters. The van der Waals surface area contributed by atoms with Gasteiger partial charge in [0.05, 0.1) is 11.1 Å². The fourth-order valence-corrected chi connectivity index (χ4v) is 5.75. The van der Waals surface area contributed by atoms with E-state index >= 15 is 0 Å². The maximum atomic E-state index is 13.4. The average molecular weight is 448 g/mol. The number of hydrogen-bond donors (Lipinski definition) is 0. The minimum absolute atomic E-state index is 0.161. The molecule has 0 saturated carbocycles. The third-order valence-corrected chi connectivity index (χ3v) is 7.50. The van der Waals surface area contributed by atoms with Crippen LogP contribution in [0, 0.1) is 11.7 Å². The molecule has 2 saturated heterocycles. The summed E-state index contributed by atoms with van der Waals surface area (Å²) >= 11 is 0. The Morgan fingerprint density at radius 2 is 1.79 bits per heavy atom. The molecule has 4 nitrogen and oxygen atoms in total. The summed E-state index contributed by atoms with van der Waals surface area (Å²) in [6.07, 6.45) is 6.48. The largest absolute Gasteiger partial charge is 0.347 e. The van der Waals surface area contributed by atoms with Crippen molar-refractivity contribution < 1.29 is 9.18 Å². The molecule has 1 aromatic heterocycles. The summed E-state index contributed by atoms with van der Waals surface area (Å²) in [6.45, 7) is 8.03. The predicted octanol–water partition coefficient (Wildman–Crippen LogP) is 5.53. The summed E-state index contributed by atoms with van der Waals surface area (Å²) in [7, 11) is 0. The molecule has 2 aliphatic heterocycles. The highest BCUT2D eigenvalue weighted by atomic mass is 19.1. The number of likely N-dealkylation sites (tertiary alicyclic amines) is 2. The van der Waals surface area contributed by atoms with E-state index in [-0.39, 0.29) is 11.7 Å². The van der Waals surface area contributed by atoms with E-state index < -0.39 is 0 Å². The van der Waals surface area contributed by atoms with Crippen LogP contribution in [0.4, 0.5) is 4.39 Å². The van der Waals surface area contributed by atoms with Gasteiger partial charge in [0.1, 0.15) is 5.82 Å². The van der Waals surface area contributed by atoms with Crippen molar-refractivity contribution in [3.8, 4) is 0 Å². The first-order valence-electron chi connectivity index (χ1n) is 12.5. The van der Waals surface area contributed by atoms with Crippen molar-refractivity contribution in [2.24, 2.45) is 5.92 Å². The van der Waals surface area contributed by atoms with E-state index in [1.165, 1.54) is 5.56 Å². The fraction of sp³-hybridized carbons (Fsp3) is 0.464. The van der Waals surface area contributed by atoms with Crippen LogP contribution in [-0.2, 0) is 6.54 Å². The van der Waals surface area contributed by atoms with Gasteiger partial charge in [0.2, 0.25) is 0 Å². The van der Waals surface area contributed by atoms with Crippen LogP contribution < -0.4 is 0 Å². The third-order valence-electron chi connectivity index (χ3n) is 7.50. The monoisotopic (exact) mass is 447 g/mol. The summed E-state index contributed by atoms with van der Waals surface area (Å²) in [6, 6.07) is 15.2. The number of nitrogens with zero attached hydrogens (tertiary/aromatic N) is 3. The van der Waals surface area contributed by atoms with Crippen LogP contribution >= 0.6 is 0 Å². The van der Waals surface area contributed by atoms with Crippen LogP contribution in [0.15, 0.2) is 54.7 Å². The molecule has 2 fully saturated rings. The molecule has 2 aliphatic rings. The molecule has 174 valence electrons. The van der Waals surface area contributed by atoms with Gasteiger partial charge in [-0.2, -0.15) is 0 Å². The lowest BCUT2D eigenvalue weighted by Crippen LogP contribution is -2.37. The normalized spacial score (nSPS) is 20.1. The molecule has 0 N–H and O–H groups in total. The predicted molar refractivity (Wildman–Crippen MR) is 131 cm³/mol. The van der Waals surface area contributed by atoms with E-state index in [9.17, 15) is 9.18 Å². The fourth-order valence-electron chi connectivity index (χ4n) is 5.75. The van der Waals surface area contributed by atoms with Crippen molar-refractivity contribution in [3.05, 3.63) is 71.7 Å². The minimum Gasteiger partial charge on any atom is -0.347 e. The first-order chi connectivity index (χ1) is 16.1. The van der Waals surface area contributed by atoms with Gasteiger partial charge in [0, 0.05) is 37.8 Å². The molecule has 3 aromatic rings. The summed E-state index contributed by atoms with van der Waals surface area (Å²) in [5.74, 6) is 1.08. The van der Waals surface area contributed by atoms with Gasteiger partial charge in [-0.15, -0.1) is 0 Å². The van der Waals surface area contributed by atoms with E-state index in [1.54, 1.807) is 12.1 Å². The zero-order valence-corrected chi connectivity index (χ0v) is 19.5. The maximum Gasteiger partial charge on any atom is 0.256 e. The molecule has 5 heteroatoms. The molecule has 1 amide bonds. The van der Waals surface area contributed by atoms with Gasteiger partial charge in [-0.3, -0.25) is 4.79 Å². The Morgan fingerprint density at radius 1 is 1.00 bits per heavy atom. The molecule has 33 heavy (non-hydrogen) atoms. The number of rotatable bonds is 6. The first kappa shape index (κ1) is 22.1. The second kappa shape index (κ2) is 9.68. The number of halogens is 1. The lowest BCUT2D eigenvalue weighted by molar-refractivity contribution is 0.0783. The van der Waals surface area contributed by atoms with Crippen molar-refractivity contribution in [3.63, 3.8) is 0 Å². The van der Waals surface area contributed by atoms with Crippen molar-refractivity contribution in [1.29, 1.82) is 0 Å². The zero-order valence-electron chi connectivity index (χ0n) is 19.5. The van der Waals surface area contributed by atoms with E-state index in [0.29, 0.717) is 11.8 Å². The Hall–Kier alpha value is -2.66. The second-order valence-corrected chi connectivity index (χ2v) is 9.78. The topological polar surface area (TPSA) is 28.5 Å². The summed E-state index contributed by atoms with van der Waals surface area (Å²) in [5.41, 5.74) is 3.18. The molecule has 1 atom stereocenters. The van der Waals surface area contributed by atoms with Crippen LogP contribution in [0.2, 0.25) is 0 Å². The van der Waals surface area contributed by atoms with Gasteiger partial charge >= 0.3 is 0 Å². The van der Waals surface area contributed by atoms with Gasteiger partial charge < -0.3 is 14.4 Å². The number of aromatic nitrogens is 1. The smallest absolute Gasteiger partial charge is 0.256 e. The Bertz CT molecular complexity index is 1100. The number of amides is 1. The SMILES string of the molecule is CCCn1ccc2cccc(C(=O)N3CC[C@H](CN4CCC(c5ccc(F)cc5)CC4)C3)c21. The van der Waals surface area contributed by atoms with Crippen LogP contribution in [0.3, 0.4) is 0 Å². The minimum atomic E-state index is -0.161. The molecule has 0 spiro atoms. The van der Waals surface area contributed by atoms with Crippen LogP contribution in [0.25, 0.3) is 10.9 Å². The molecular weight excluding hydrogens is 413 g/mol. The molecule has 2 aromatic carbocycles. The van der Waals surface area contributed by atoms with E-state index in [4.69, 9.17) is 0 Å². The van der Waals surface area contributed by atoms with Crippen molar-refractivity contribution >= 4 is 16.8 Å². The number of aryl methyl sites for hydroxylation is 1. The molecule has 5 rings (SSSR count). The van der Waals surface area contributed by atoms with E-state index in [2.05, 4.69) is 39.6 Å². The van der Waals surface area contributed by atoms with E-state index in [0.717, 1.165) is 81.4 Å². The molecule has 3 heterocycles. The number of para-hydroxylation sites is 1. The number of carbonyl (C=O) groups excluding carboxylic acids is 1. The standard InChI is InChI=1S/C28H34FN3O/c1-2-14-31-18-13-24-4-3-5-26(27(24)31)28(33)32-17-10-21(20-32)19-30-15-11-23(12-16-30)22-6-8-25(29)9-7-22/h3-9,13,18,21,23H,2,10-12,14-17,19-20H2,1H3/t21-/m1/s1. The number of carbonyl (C=O) groups is 1. The van der Waals surface area contributed by atoms with Crippen LogP contribution in [0.5, 0.6) is 0 Å². The van der Waals surface area contributed by atoms with Gasteiger partial charge in [-0.05, 0) is 80.4 Å². The summed E-state index contributed by atoms with van der Waals surface area (Å²) in [4.78, 5) is 18.1. The highest BCUT2D eigenvalue weighted by molar-refractivity contribution is 6.06. The first-order valence-corrected chi connectivity index (χ1v) is 12.5. The lowest BCUT2D eigenvalue weighted by Gasteiger charge is -2.33. The molecule has 0 radical (unpaired) electrons. The van der Waals surface area contributed by atoms with Gasteiger partial charge in [-0.25, -0.2) is 4.39 Å². The number of hydrogen-bond acceptors (Lipinski definition) is 2. The Balaban J connectivity index is 1.18. The van der Waals surface area contributed by atoms with Crippen LogP contribution in [-0.4, -0.2) is 53.0 Å². The highest BCUT2D eigenvalue weighted by Crippen LogP contribution is 2.30. The summed E-state index contributed by atoms with van der Waals surface area (Å²) < 4.78 is 15.4. The average Bonchev–Trinajstić information content (AvgIpc) is 3.47. The van der Waals surface area contributed by atoms with Gasteiger partial charge in [0.25, 0.3) is 5.91 Å². The second-order valence-electron chi connectivity index (χ2n) is 9.78. The summed E-state index contributed by atoms with van der Waals surface area (Å²) in [5, 5.41) is 1.15. The van der Waals surface area contributed by atoms with Crippen molar-refractivity contribution in [2.75, 3.05) is 32.7 Å². The van der Waals surface area contributed by atoms with Crippen molar-refractivity contribution in [2.45, 2.75) is 45.1 Å². The zero-order chi connectivity index (χ0) is 22.8. The number of fused-ring (bicyclic) bond motifs is 1. The molecule has 0 aliphatic carbocycles. The lowest BCUT2D eigenvalue weighted by atomic mass is 9.89. The number of benzene rings is 2. The van der Waals surface area contributed by atoms with Crippen molar-refractivity contribution in [1.82, 2.24) is 14.4 Å². The highest BCUT2D eigenvalue weighted by Gasteiger charge is 2.30. The third kappa shape index (κ3) is 4.70.